The maximum Gasteiger partial charge on any atom is 0.125 e. The molecule has 0 N–H and O–H groups in total. The molecule has 1 heteroatoms. The van der Waals surface area contributed by atoms with E-state index in [-0.39, 0.29) is 5.41 Å². The fourth-order valence-electron chi connectivity index (χ4n) is 2.17. The van der Waals surface area contributed by atoms with Crippen molar-refractivity contribution >= 4 is 0 Å². The van der Waals surface area contributed by atoms with Crippen LogP contribution in [0.5, 0.6) is 5.75 Å². The molecular weight excluding hydrogens is 208 g/mol. The summed E-state index contributed by atoms with van der Waals surface area (Å²) in [6.45, 7) is 11.2. The Bertz CT molecular complexity index is 372. The number of benzene rings is 1. The van der Waals surface area contributed by atoms with Crippen LogP contribution in [0.1, 0.15) is 57.7 Å². The van der Waals surface area contributed by atoms with Gasteiger partial charge in [0.1, 0.15) is 5.75 Å². The van der Waals surface area contributed by atoms with Crippen molar-refractivity contribution in [2.75, 3.05) is 7.11 Å². The summed E-state index contributed by atoms with van der Waals surface area (Å²) >= 11 is 0. The van der Waals surface area contributed by atoms with Crippen molar-refractivity contribution < 1.29 is 4.74 Å². The molecule has 0 aromatic heterocycles. The Morgan fingerprint density at radius 2 is 1.65 bits per heavy atom. The fourth-order valence-corrected chi connectivity index (χ4v) is 2.17. The molecule has 1 nitrogen and oxygen atoms in total. The number of rotatable bonds is 4. The molecule has 1 aromatic rings. The van der Waals surface area contributed by atoms with Crippen molar-refractivity contribution in [3.8, 4) is 5.75 Å². The average molecular weight is 234 g/mol. The van der Waals surface area contributed by atoms with Gasteiger partial charge in [0.25, 0.3) is 0 Å². The third-order valence-corrected chi connectivity index (χ3v) is 3.21. The van der Waals surface area contributed by atoms with Gasteiger partial charge in [0.2, 0.25) is 0 Å². The molecule has 0 bridgehead atoms. The summed E-state index contributed by atoms with van der Waals surface area (Å²) in [5, 5.41) is 0. The van der Waals surface area contributed by atoms with E-state index in [1.165, 1.54) is 16.7 Å². The Morgan fingerprint density at radius 3 is 2.06 bits per heavy atom. The van der Waals surface area contributed by atoms with Gasteiger partial charge < -0.3 is 4.74 Å². The quantitative estimate of drug-likeness (QED) is 0.745. The zero-order chi connectivity index (χ0) is 13.1. The molecule has 0 amide bonds. The summed E-state index contributed by atoms with van der Waals surface area (Å²) in [5.74, 6) is 1.10. The minimum atomic E-state index is 0.207. The molecule has 96 valence electrons. The van der Waals surface area contributed by atoms with Crippen molar-refractivity contribution in [3.05, 3.63) is 28.8 Å². The van der Waals surface area contributed by atoms with Crippen LogP contribution < -0.4 is 4.74 Å². The predicted octanol–water partition coefficient (Wildman–Crippen LogP) is 4.51. The Balaban J connectivity index is 3.34. The molecule has 0 saturated heterocycles. The van der Waals surface area contributed by atoms with Gasteiger partial charge in [-0.05, 0) is 34.9 Å². The van der Waals surface area contributed by atoms with Crippen LogP contribution in [0.3, 0.4) is 0 Å². The van der Waals surface area contributed by atoms with Crippen LogP contribution in [-0.4, -0.2) is 7.11 Å². The Morgan fingerprint density at radius 1 is 1.06 bits per heavy atom. The lowest BCUT2D eigenvalue weighted by Crippen LogP contribution is -2.13. The lowest BCUT2D eigenvalue weighted by molar-refractivity contribution is 0.404. The van der Waals surface area contributed by atoms with Gasteiger partial charge in [-0.1, -0.05) is 53.2 Å². The average Bonchev–Trinajstić information content (AvgIpc) is 2.27. The van der Waals surface area contributed by atoms with Gasteiger partial charge in [-0.25, -0.2) is 0 Å². The third-order valence-electron chi connectivity index (χ3n) is 3.21. The monoisotopic (exact) mass is 234 g/mol. The molecule has 0 unspecified atom stereocenters. The van der Waals surface area contributed by atoms with Crippen molar-refractivity contribution in [3.63, 3.8) is 0 Å². The maximum atomic E-state index is 5.59. The first-order valence-electron chi connectivity index (χ1n) is 6.64. The Labute approximate surface area is 106 Å². The highest BCUT2D eigenvalue weighted by Crippen LogP contribution is 2.32. The first kappa shape index (κ1) is 14.1. The minimum absolute atomic E-state index is 0.207. The van der Waals surface area contributed by atoms with Crippen LogP contribution in [0.4, 0.5) is 0 Å². The molecular formula is C16H26O. The second kappa shape index (κ2) is 5.57. The van der Waals surface area contributed by atoms with Crippen molar-refractivity contribution in [2.24, 2.45) is 0 Å². The number of hydrogen-bond donors (Lipinski definition) is 0. The van der Waals surface area contributed by atoms with Crippen LogP contribution in [0.25, 0.3) is 0 Å². The van der Waals surface area contributed by atoms with Crippen molar-refractivity contribution in [1.82, 2.24) is 0 Å². The summed E-state index contributed by atoms with van der Waals surface area (Å²) in [7, 11) is 1.78. The minimum Gasteiger partial charge on any atom is -0.496 e. The van der Waals surface area contributed by atoms with E-state index in [0.717, 1.165) is 25.0 Å². The first-order chi connectivity index (χ1) is 7.93. The molecule has 0 aliphatic carbocycles. The zero-order valence-corrected chi connectivity index (χ0v) is 12.2. The molecule has 0 spiro atoms. The van der Waals surface area contributed by atoms with E-state index in [2.05, 4.69) is 46.8 Å². The molecule has 0 heterocycles. The molecule has 0 atom stereocenters. The lowest BCUT2D eigenvalue weighted by Gasteiger charge is -2.23. The maximum absolute atomic E-state index is 5.59. The normalized spacial score (nSPS) is 11.6. The SMILES string of the molecule is CCCc1cc(C(C)(C)C)cc(CC)c1OC. The molecule has 1 rings (SSSR count). The second-order valence-corrected chi connectivity index (χ2v) is 5.68. The van der Waals surface area contributed by atoms with Gasteiger partial charge in [-0.2, -0.15) is 0 Å². The van der Waals surface area contributed by atoms with Gasteiger partial charge >= 0.3 is 0 Å². The number of hydrogen-bond acceptors (Lipinski definition) is 1. The van der Waals surface area contributed by atoms with Crippen molar-refractivity contribution in [1.29, 1.82) is 0 Å². The third kappa shape index (κ3) is 3.24. The Hall–Kier alpha value is -0.980. The van der Waals surface area contributed by atoms with E-state index in [9.17, 15) is 0 Å². The van der Waals surface area contributed by atoms with E-state index < -0.39 is 0 Å². The van der Waals surface area contributed by atoms with Gasteiger partial charge in [0.05, 0.1) is 7.11 Å². The summed E-state index contributed by atoms with van der Waals surface area (Å²) in [6.07, 6.45) is 3.29. The Kier molecular flexibility index (Phi) is 4.62. The van der Waals surface area contributed by atoms with Gasteiger partial charge in [0, 0.05) is 0 Å². The molecule has 1 aromatic carbocycles. The standard InChI is InChI=1S/C16H26O/c1-7-9-13-11-14(16(3,4)5)10-12(8-2)15(13)17-6/h10-11H,7-9H2,1-6H3. The lowest BCUT2D eigenvalue weighted by atomic mass is 9.84. The molecule has 0 aliphatic rings. The largest absolute Gasteiger partial charge is 0.496 e. The summed E-state index contributed by atoms with van der Waals surface area (Å²) in [5.41, 5.74) is 4.32. The van der Waals surface area contributed by atoms with Crippen LogP contribution in [0.15, 0.2) is 12.1 Å². The van der Waals surface area contributed by atoms with E-state index in [0.29, 0.717) is 0 Å². The van der Waals surface area contributed by atoms with E-state index in [1.807, 2.05) is 0 Å². The van der Waals surface area contributed by atoms with Crippen LogP contribution in [0.2, 0.25) is 0 Å². The summed E-state index contributed by atoms with van der Waals surface area (Å²) < 4.78 is 5.59. The van der Waals surface area contributed by atoms with E-state index in [1.54, 1.807) is 7.11 Å². The molecule has 0 radical (unpaired) electrons. The van der Waals surface area contributed by atoms with Gasteiger partial charge in [0.15, 0.2) is 0 Å². The van der Waals surface area contributed by atoms with Crippen LogP contribution >= 0.6 is 0 Å². The topological polar surface area (TPSA) is 9.23 Å². The smallest absolute Gasteiger partial charge is 0.125 e. The summed E-state index contributed by atoms with van der Waals surface area (Å²) in [4.78, 5) is 0. The highest BCUT2D eigenvalue weighted by Gasteiger charge is 2.18. The van der Waals surface area contributed by atoms with Crippen molar-refractivity contribution in [2.45, 2.75) is 59.3 Å². The number of ether oxygens (including phenoxy) is 1. The summed E-state index contributed by atoms with van der Waals surface area (Å²) in [6, 6.07) is 4.62. The zero-order valence-electron chi connectivity index (χ0n) is 12.2. The molecule has 0 aliphatic heterocycles. The van der Waals surface area contributed by atoms with Gasteiger partial charge in [-0.3, -0.25) is 0 Å². The predicted molar refractivity (Wildman–Crippen MR) is 75.1 cm³/mol. The fraction of sp³-hybridized carbons (Fsp3) is 0.625. The van der Waals surface area contributed by atoms with Crippen LogP contribution in [-0.2, 0) is 18.3 Å². The van der Waals surface area contributed by atoms with E-state index in [4.69, 9.17) is 4.74 Å². The highest BCUT2D eigenvalue weighted by molar-refractivity contribution is 5.46. The number of aryl methyl sites for hydroxylation is 2. The number of methoxy groups -OCH3 is 1. The molecule has 17 heavy (non-hydrogen) atoms. The van der Waals surface area contributed by atoms with Crippen LogP contribution in [0, 0.1) is 0 Å². The molecule has 0 saturated carbocycles. The van der Waals surface area contributed by atoms with Gasteiger partial charge in [-0.15, -0.1) is 0 Å². The highest BCUT2D eigenvalue weighted by atomic mass is 16.5. The van der Waals surface area contributed by atoms with E-state index >= 15 is 0 Å². The molecule has 0 fully saturated rings. The first-order valence-corrected chi connectivity index (χ1v) is 6.64. The second-order valence-electron chi connectivity index (χ2n) is 5.68.